The predicted octanol–water partition coefficient (Wildman–Crippen LogP) is 2.32. The van der Waals surface area contributed by atoms with Crippen molar-refractivity contribution >= 4 is 11.7 Å². The maximum Gasteiger partial charge on any atom is 0.228 e. The molecule has 0 saturated carbocycles. The van der Waals surface area contributed by atoms with Crippen LogP contribution in [0.25, 0.3) is 0 Å². The number of nitrogens with zero attached hydrogens (tertiary/aromatic N) is 3. The van der Waals surface area contributed by atoms with Gasteiger partial charge in [0.05, 0.1) is 12.0 Å². The standard InChI is InChI=1S/C18H26FN3O2/c1-13(2)16-14(5-4-12-24-16)18(23)22-10-8-21(9-11-22)17-15(19)6-3-7-20-17/h3,6-7,13-14,16H,4-5,8-12H2,1-2H3/t14-,16+/m0/s1. The number of ether oxygens (including phenoxy) is 1. The molecule has 0 bridgehead atoms. The number of amides is 1. The Morgan fingerprint density at radius 1 is 1.33 bits per heavy atom. The number of carbonyl (C=O) groups excluding carboxylic acids is 1. The number of rotatable bonds is 3. The molecule has 0 spiro atoms. The van der Waals surface area contributed by atoms with E-state index in [4.69, 9.17) is 4.74 Å². The first kappa shape index (κ1) is 17.1. The summed E-state index contributed by atoms with van der Waals surface area (Å²) in [4.78, 5) is 20.9. The lowest BCUT2D eigenvalue weighted by atomic mass is 9.86. The van der Waals surface area contributed by atoms with Crippen molar-refractivity contribution < 1.29 is 13.9 Å². The Hall–Kier alpha value is -1.69. The number of halogens is 1. The van der Waals surface area contributed by atoms with E-state index in [1.807, 2.05) is 9.80 Å². The van der Waals surface area contributed by atoms with Crippen LogP contribution in [0.15, 0.2) is 18.3 Å². The van der Waals surface area contributed by atoms with Crippen molar-refractivity contribution in [1.82, 2.24) is 9.88 Å². The van der Waals surface area contributed by atoms with Gasteiger partial charge in [0.25, 0.3) is 0 Å². The Morgan fingerprint density at radius 2 is 2.08 bits per heavy atom. The first-order valence-corrected chi connectivity index (χ1v) is 8.84. The van der Waals surface area contributed by atoms with E-state index in [0.29, 0.717) is 37.9 Å². The molecule has 2 aliphatic heterocycles. The highest BCUT2D eigenvalue weighted by molar-refractivity contribution is 5.80. The Kier molecular flexibility index (Phi) is 5.33. The largest absolute Gasteiger partial charge is 0.377 e. The van der Waals surface area contributed by atoms with Crippen LogP contribution in [0.2, 0.25) is 0 Å². The van der Waals surface area contributed by atoms with Crippen LogP contribution < -0.4 is 4.90 Å². The van der Waals surface area contributed by atoms with E-state index >= 15 is 0 Å². The summed E-state index contributed by atoms with van der Waals surface area (Å²) in [7, 11) is 0. The molecule has 24 heavy (non-hydrogen) atoms. The summed E-state index contributed by atoms with van der Waals surface area (Å²) in [6.45, 7) is 7.40. The molecule has 2 saturated heterocycles. The Bertz CT molecular complexity index is 573. The number of anilines is 1. The highest BCUT2D eigenvalue weighted by Gasteiger charge is 2.37. The van der Waals surface area contributed by atoms with Crippen LogP contribution in [0.1, 0.15) is 26.7 Å². The van der Waals surface area contributed by atoms with Gasteiger partial charge in [0, 0.05) is 39.0 Å². The normalized spacial score (nSPS) is 25.2. The van der Waals surface area contributed by atoms with Gasteiger partial charge in [0.1, 0.15) is 0 Å². The van der Waals surface area contributed by atoms with E-state index in [9.17, 15) is 9.18 Å². The molecule has 3 rings (SSSR count). The van der Waals surface area contributed by atoms with E-state index in [1.54, 1.807) is 12.3 Å². The van der Waals surface area contributed by atoms with Crippen molar-refractivity contribution in [2.24, 2.45) is 11.8 Å². The van der Waals surface area contributed by atoms with Gasteiger partial charge in [-0.25, -0.2) is 9.37 Å². The van der Waals surface area contributed by atoms with Gasteiger partial charge >= 0.3 is 0 Å². The Balaban J connectivity index is 1.61. The lowest BCUT2D eigenvalue weighted by Gasteiger charge is -2.40. The van der Waals surface area contributed by atoms with Crippen LogP contribution in [-0.2, 0) is 9.53 Å². The van der Waals surface area contributed by atoms with Gasteiger partial charge in [-0.15, -0.1) is 0 Å². The summed E-state index contributed by atoms with van der Waals surface area (Å²) in [5, 5.41) is 0. The smallest absolute Gasteiger partial charge is 0.228 e. The molecule has 0 N–H and O–H groups in total. The van der Waals surface area contributed by atoms with Crippen molar-refractivity contribution in [2.75, 3.05) is 37.7 Å². The molecule has 132 valence electrons. The summed E-state index contributed by atoms with van der Waals surface area (Å²) < 4.78 is 19.7. The molecule has 2 aliphatic rings. The van der Waals surface area contributed by atoms with Crippen LogP contribution in [0, 0.1) is 17.7 Å². The third-order valence-corrected chi connectivity index (χ3v) is 4.97. The maximum atomic E-state index is 13.9. The average molecular weight is 335 g/mol. The van der Waals surface area contributed by atoms with E-state index in [2.05, 4.69) is 18.8 Å². The van der Waals surface area contributed by atoms with Crippen LogP contribution in [0.3, 0.4) is 0 Å². The summed E-state index contributed by atoms with van der Waals surface area (Å²) in [5.41, 5.74) is 0. The molecule has 0 aliphatic carbocycles. The minimum absolute atomic E-state index is 0.0116. The van der Waals surface area contributed by atoms with Crippen LogP contribution in [0.5, 0.6) is 0 Å². The zero-order valence-electron chi connectivity index (χ0n) is 14.4. The molecule has 0 unspecified atom stereocenters. The first-order chi connectivity index (χ1) is 11.6. The van der Waals surface area contributed by atoms with Gasteiger partial charge in [-0.1, -0.05) is 13.8 Å². The number of hydrogen-bond acceptors (Lipinski definition) is 4. The molecule has 2 fully saturated rings. The van der Waals surface area contributed by atoms with Gasteiger partial charge in [-0.05, 0) is 30.9 Å². The van der Waals surface area contributed by atoms with E-state index in [-0.39, 0.29) is 23.7 Å². The Labute approximate surface area is 142 Å². The lowest BCUT2D eigenvalue weighted by molar-refractivity contribution is -0.148. The summed E-state index contributed by atoms with van der Waals surface area (Å²) in [5.74, 6) is 0.554. The number of piperazine rings is 1. The average Bonchev–Trinajstić information content (AvgIpc) is 2.62. The van der Waals surface area contributed by atoms with E-state index in [0.717, 1.165) is 19.4 Å². The summed E-state index contributed by atoms with van der Waals surface area (Å²) >= 11 is 0. The second kappa shape index (κ2) is 7.47. The Morgan fingerprint density at radius 3 is 2.75 bits per heavy atom. The van der Waals surface area contributed by atoms with Gasteiger partial charge in [-0.3, -0.25) is 4.79 Å². The fraction of sp³-hybridized carbons (Fsp3) is 0.667. The molecule has 2 atom stereocenters. The minimum Gasteiger partial charge on any atom is -0.377 e. The molecule has 0 radical (unpaired) electrons. The quantitative estimate of drug-likeness (QED) is 0.850. The highest BCUT2D eigenvalue weighted by atomic mass is 19.1. The topological polar surface area (TPSA) is 45.7 Å². The fourth-order valence-corrected chi connectivity index (χ4v) is 3.71. The van der Waals surface area contributed by atoms with Gasteiger partial charge < -0.3 is 14.5 Å². The number of carbonyl (C=O) groups is 1. The number of aromatic nitrogens is 1. The predicted molar refractivity (Wildman–Crippen MR) is 90.3 cm³/mol. The fourth-order valence-electron chi connectivity index (χ4n) is 3.71. The first-order valence-electron chi connectivity index (χ1n) is 8.84. The molecule has 0 aromatic carbocycles. The maximum absolute atomic E-state index is 13.9. The van der Waals surface area contributed by atoms with Crippen molar-refractivity contribution in [2.45, 2.75) is 32.8 Å². The number of hydrogen-bond donors (Lipinski definition) is 0. The van der Waals surface area contributed by atoms with Crippen molar-refractivity contribution in [3.05, 3.63) is 24.1 Å². The van der Waals surface area contributed by atoms with E-state index < -0.39 is 0 Å². The molecular formula is C18H26FN3O2. The van der Waals surface area contributed by atoms with Crippen LogP contribution >= 0.6 is 0 Å². The van der Waals surface area contributed by atoms with Gasteiger partial charge in [0.2, 0.25) is 5.91 Å². The van der Waals surface area contributed by atoms with Gasteiger partial charge in [0.15, 0.2) is 11.6 Å². The second-order valence-electron chi connectivity index (χ2n) is 6.95. The van der Waals surface area contributed by atoms with Crippen molar-refractivity contribution in [3.8, 4) is 0 Å². The second-order valence-corrected chi connectivity index (χ2v) is 6.95. The SMILES string of the molecule is CC(C)[C@H]1OCCC[C@@H]1C(=O)N1CCN(c2ncccc2F)CC1. The highest BCUT2D eigenvalue weighted by Crippen LogP contribution is 2.28. The van der Waals surface area contributed by atoms with Crippen molar-refractivity contribution in [1.29, 1.82) is 0 Å². The number of pyridine rings is 1. The summed E-state index contributed by atoms with van der Waals surface area (Å²) in [6.07, 6.45) is 3.45. The van der Waals surface area contributed by atoms with Gasteiger partial charge in [-0.2, -0.15) is 0 Å². The third-order valence-electron chi connectivity index (χ3n) is 4.97. The lowest BCUT2D eigenvalue weighted by Crippen LogP contribution is -2.53. The van der Waals surface area contributed by atoms with Crippen LogP contribution in [-0.4, -0.2) is 54.7 Å². The molecular weight excluding hydrogens is 309 g/mol. The molecule has 1 aromatic heterocycles. The molecule has 1 amide bonds. The molecule has 3 heterocycles. The monoisotopic (exact) mass is 335 g/mol. The van der Waals surface area contributed by atoms with E-state index in [1.165, 1.54) is 6.07 Å². The zero-order valence-corrected chi connectivity index (χ0v) is 14.4. The minimum atomic E-state index is -0.308. The third kappa shape index (κ3) is 3.53. The summed E-state index contributed by atoms with van der Waals surface area (Å²) in [6, 6.07) is 3.01. The van der Waals surface area contributed by atoms with Crippen molar-refractivity contribution in [3.63, 3.8) is 0 Å². The molecule has 6 heteroatoms. The molecule has 1 aromatic rings. The zero-order chi connectivity index (χ0) is 17.1. The molecule has 5 nitrogen and oxygen atoms in total. The van der Waals surface area contributed by atoms with Crippen LogP contribution in [0.4, 0.5) is 10.2 Å².